The van der Waals surface area contributed by atoms with Crippen LogP contribution in [0, 0.1) is 5.82 Å². The van der Waals surface area contributed by atoms with Gasteiger partial charge in [-0.3, -0.25) is 4.79 Å². The summed E-state index contributed by atoms with van der Waals surface area (Å²) in [6, 6.07) is 11.4. The minimum Gasteiger partial charge on any atom is -0.478 e. The van der Waals surface area contributed by atoms with Gasteiger partial charge < -0.3 is 4.74 Å². The van der Waals surface area contributed by atoms with E-state index in [0.717, 1.165) is 0 Å². The van der Waals surface area contributed by atoms with E-state index in [-0.39, 0.29) is 10.7 Å². The molecule has 26 heavy (non-hydrogen) atoms. The summed E-state index contributed by atoms with van der Waals surface area (Å²) in [5, 5.41) is 5.12. The van der Waals surface area contributed by atoms with Crippen LogP contribution in [0.5, 0.6) is 0 Å². The van der Waals surface area contributed by atoms with Gasteiger partial charge in [-0.2, -0.15) is 0 Å². The first kappa shape index (κ1) is 18.3. The standard InChI is InChI=1S/C19H18FNO4S/c1-3-19(2)18(22)16(12-4-8-14(20)9-5-12)17(25-19)13-6-10-15(11-7-13)26(21,23)24/h4-11H,3H2,1-2H3,(H2,21,23,24). The molecule has 1 atom stereocenters. The molecule has 0 aliphatic carbocycles. The molecular weight excluding hydrogens is 357 g/mol. The maximum absolute atomic E-state index is 13.3. The molecule has 136 valence electrons. The fourth-order valence-electron chi connectivity index (χ4n) is 2.80. The van der Waals surface area contributed by atoms with Crippen LogP contribution in [0.1, 0.15) is 31.4 Å². The molecule has 5 nitrogen and oxygen atoms in total. The fraction of sp³-hybridized carbons (Fsp3) is 0.211. The number of sulfonamides is 1. The third kappa shape index (κ3) is 3.15. The lowest BCUT2D eigenvalue weighted by Crippen LogP contribution is -2.32. The molecule has 1 aliphatic heterocycles. The monoisotopic (exact) mass is 375 g/mol. The first-order chi connectivity index (χ1) is 12.2. The Kier molecular flexibility index (Phi) is 4.46. The highest BCUT2D eigenvalue weighted by Crippen LogP contribution is 2.42. The predicted molar refractivity (Wildman–Crippen MR) is 95.8 cm³/mol. The minimum atomic E-state index is -3.82. The molecule has 1 unspecified atom stereocenters. The summed E-state index contributed by atoms with van der Waals surface area (Å²) >= 11 is 0. The fourth-order valence-corrected chi connectivity index (χ4v) is 3.32. The minimum absolute atomic E-state index is 0.0345. The molecule has 0 radical (unpaired) electrons. The van der Waals surface area contributed by atoms with Crippen molar-refractivity contribution in [2.45, 2.75) is 30.8 Å². The average molecular weight is 375 g/mol. The Morgan fingerprint density at radius 1 is 1.04 bits per heavy atom. The van der Waals surface area contributed by atoms with Crippen LogP contribution in [0.15, 0.2) is 53.4 Å². The van der Waals surface area contributed by atoms with Crippen LogP contribution in [0.2, 0.25) is 0 Å². The van der Waals surface area contributed by atoms with Crippen LogP contribution < -0.4 is 5.14 Å². The van der Waals surface area contributed by atoms with Crippen molar-refractivity contribution in [3.05, 3.63) is 65.5 Å². The Hall–Kier alpha value is -2.51. The lowest BCUT2D eigenvalue weighted by Gasteiger charge is -2.21. The number of rotatable bonds is 4. The number of benzene rings is 2. The van der Waals surface area contributed by atoms with Gasteiger partial charge in [-0.05, 0) is 55.3 Å². The van der Waals surface area contributed by atoms with Gasteiger partial charge in [0.2, 0.25) is 15.8 Å². The van der Waals surface area contributed by atoms with E-state index in [2.05, 4.69) is 0 Å². The summed E-state index contributed by atoms with van der Waals surface area (Å²) in [4.78, 5) is 12.9. The van der Waals surface area contributed by atoms with Gasteiger partial charge in [0.1, 0.15) is 11.6 Å². The first-order valence-corrected chi connectivity index (χ1v) is 9.57. The summed E-state index contributed by atoms with van der Waals surface area (Å²) in [7, 11) is -3.82. The number of hydrogen-bond acceptors (Lipinski definition) is 4. The Balaban J connectivity index is 2.16. The molecule has 7 heteroatoms. The van der Waals surface area contributed by atoms with Crippen LogP contribution >= 0.6 is 0 Å². The number of nitrogens with two attached hydrogens (primary N) is 1. The summed E-state index contributed by atoms with van der Waals surface area (Å²) < 4.78 is 42.1. The quantitative estimate of drug-likeness (QED) is 0.890. The topological polar surface area (TPSA) is 86.5 Å². The van der Waals surface area contributed by atoms with Gasteiger partial charge in [0.15, 0.2) is 5.60 Å². The molecule has 2 N–H and O–H groups in total. The number of ether oxygens (including phenoxy) is 1. The number of carbonyl (C=O) groups is 1. The second-order valence-corrected chi connectivity index (χ2v) is 7.86. The number of Topliss-reactive ketones (excluding diaryl/α,β-unsaturated/α-hetero) is 1. The van der Waals surface area contributed by atoms with Crippen LogP contribution in [0.25, 0.3) is 11.3 Å². The Bertz CT molecular complexity index is 995. The zero-order valence-corrected chi connectivity index (χ0v) is 15.1. The maximum atomic E-state index is 13.3. The lowest BCUT2D eigenvalue weighted by atomic mass is 9.90. The molecule has 0 bridgehead atoms. The largest absolute Gasteiger partial charge is 0.478 e. The molecule has 0 aromatic heterocycles. The van der Waals surface area contributed by atoms with E-state index in [1.54, 1.807) is 6.92 Å². The van der Waals surface area contributed by atoms with Crippen LogP contribution in [-0.4, -0.2) is 19.8 Å². The van der Waals surface area contributed by atoms with Crippen molar-refractivity contribution in [3.63, 3.8) is 0 Å². The van der Waals surface area contributed by atoms with Crippen molar-refractivity contribution >= 4 is 27.1 Å². The Morgan fingerprint density at radius 2 is 1.58 bits per heavy atom. The number of primary sulfonamides is 1. The van der Waals surface area contributed by atoms with E-state index < -0.39 is 21.4 Å². The molecular formula is C19H18FNO4S. The van der Waals surface area contributed by atoms with E-state index in [0.29, 0.717) is 28.9 Å². The molecule has 0 spiro atoms. The molecule has 2 aromatic carbocycles. The van der Waals surface area contributed by atoms with Crippen molar-refractivity contribution in [1.82, 2.24) is 0 Å². The molecule has 0 amide bonds. The molecule has 1 aliphatic rings. The molecule has 0 fully saturated rings. The van der Waals surface area contributed by atoms with Gasteiger partial charge in [0, 0.05) is 5.56 Å². The van der Waals surface area contributed by atoms with Gasteiger partial charge >= 0.3 is 0 Å². The zero-order chi connectivity index (χ0) is 19.1. The number of ketones is 1. The molecule has 2 aromatic rings. The van der Waals surface area contributed by atoms with Gasteiger partial charge in [0.05, 0.1) is 10.5 Å². The van der Waals surface area contributed by atoms with E-state index in [9.17, 15) is 17.6 Å². The highest BCUT2D eigenvalue weighted by atomic mass is 32.2. The van der Waals surface area contributed by atoms with Crippen molar-refractivity contribution in [1.29, 1.82) is 0 Å². The molecule has 0 saturated carbocycles. The van der Waals surface area contributed by atoms with E-state index in [1.807, 2.05) is 6.92 Å². The smallest absolute Gasteiger partial charge is 0.238 e. The SMILES string of the molecule is CCC1(C)OC(c2ccc(S(N)(=O)=O)cc2)=C(c2ccc(F)cc2)C1=O. The van der Waals surface area contributed by atoms with Crippen molar-refractivity contribution < 1.29 is 22.3 Å². The summed E-state index contributed by atoms with van der Waals surface area (Å²) in [5.41, 5.74) is 0.400. The number of carbonyl (C=O) groups excluding carboxylic acids is 1. The van der Waals surface area contributed by atoms with Crippen LogP contribution in [-0.2, 0) is 19.6 Å². The first-order valence-electron chi connectivity index (χ1n) is 8.03. The second-order valence-electron chi connectivity index (χ2n) is 6.30. The second kappa shape index (κ2) is 6.34. The van der Waals surface area contributed by atoms with E-state index in [1.165, 1.54) is 48.5 Å². The lowest BCUT2D eigenvalue weighted by molar-refractivity contribution is -0.126. The normalized spacial score (nSPS) is 20.4. The summed E-state index contributed by atoms with van der Waals surface area (Å²) in [5.74, 6) is -0.262. The van der Waals surface area contributed by atoms with Crippen molar-refractivity contribution in [3.8, 4) is 0 Å². The Labute approximate surface area is 151 Å². The third-order valence-corrected chi connectivity index (χ3v) is 5.44. The van der Waals surface area contributed by atoms with Gasteiger partial charge in [-0.15, -0.1) is 0 Å². The average Bonchev–Trinajstić information content (AvgIpc) is 2.87. The van der Waals surface area contributed by atoms with E-state index >= 15 is 0 Å². The van der Waals surface area contributed by atoms with Gasteiger partial charge in [-0.25, -0.2) is 17.9 Å². The van der Waals surface area contributed by atoms with Crippen molar-refractivity contribution in [2.75, 3.05) is 0 Å². The molecule has 3 rings (SSSR count). The molecule has 0 saturated heterocycles. The zero-order valence-electron chi connectivity index (χ0n) is 14.3. The molecule has 1 heterocycles. The maximum Gasteiger partial charge on any atom is 0.238 e. The highest BCUT2D eigenvalue weighted by molar-refractivity contribution is 7.89. The Morgan fingerprint density at radius 3 is 2.08 bits per heavy atom. The third-order valence-electron chi connectivity index (χ3n) is 4.51. The highest BCUT2D eigenvalue weighted by Gasteiger charge is 2.45. The van der Waals surface area contributed by atoms with Gasteiger partial charge in [-0.1, -0.05) is 19.1 Å². The summed E-state index contributed by atoms with van der Waals surface area (Å²) in [6.45, 7) is 3.54. The van der Waals surface area contributed by atoms with Crippen LogP contribution in [0.4, 0.5) is 4.39 Å². The van der Waals surface area contributed by atoms with Gasteiger partial charge in [0.25, 0.3) is 0 Å². The predicted octanol–water partition coefficient (Wildman–Crippen LogP) is 3.11. The van der Waals surface area contributed by atoms with E-state index in [4.69, 9.17) is 9.88 Å². The van der Waals surface area contributed by atoms with Crippen LogP contribution in [0.3, 0.4) is 0 Å². The number of hydrogen-bond donors (Lipinski definition) is 1. The summed E-state index contributed by atoms with van der Waals surface area (Å²) in [6.07, 6.45) is 0.454. The number of halogens is 1. The van der Waals surface area contributed by atoms with Crippen molar-refractivity contribution in [2.24, 2.45) is 5.14 Å².